The summed E-state index contributed by atoms with van der Waals surface area (Å²) < 4.78 is 30.2. The van der Waals surface area contributed by atoms with E-state index in [0.29, 0.717) is 24.2 Å². The van der Waals surface area contributed by atoms with E-state index >= 15 is 0 Å². The molecule has 1 aromatic heterocycles. The van der Waals surface area contributed by atoms with Gasteiger partial charge in [-0.15, -0.1) is 5.10 Å². The van der Waals surface area contributed by atoms with Gasteiger partial charge in [0.1, 0.15) is 11.6 Å². The molecule has 0 radical (unpaired) electrons. The maximum Gasteiger partial charge on any atom is 0.243 e. The molecule has 0 unspecified atom stereocenters. The van der Waals surface area contributed by atoms with Gasteiger partial charge in [-0.05, 0) is 74.6 Å². The second kappa shape index (κ2) is 8.99. The molecule has 8 nitrogen and oxygen atoms in total. The van der Waals surface area contributed by atoms with Crippen molar-refractivity contribution in [2.75, 3.05) is 11.9 Å². The van der Waals surface area contributed by atoms with Gasteiger partial charge in [-0.25, -0.2) is 13.1 Å². The van der Waals surface area contributed by atoms with Crippen LogP contribution in [0.25, 0.3) is 11.0 Å². The van der Waals surface area contributed by atoms with E-state index < -0.39 is 16.1 Å². The number of aromatic nitrogens is 3. The fourth-order valence-electron chi connectivity index (χ4n) is 4.35. The number of anilines is 1. The lowest BCUT2D eigenvalue weighted by Gasteiger charge is -2.33. The van der Waals surface area contributed by atoms with Crippen LogP contribution in [0.1, 0.15) is 43.7 Å². The number of sulfonamides is 1. The fourth-order valence-corrected chi connectivity index (χ4v) is 6.03. The number of aryl methyl sites for hydroxylation is 3. The molecule has 1 atom stereocenters. The predicted octanol–water partition coefficient (Wildman–Crippen LogP) is 3.64. The van der Waals surface area contributed by atoms with E-state index in [1.807, 2.05) is 39.0 Å². The van der Waals surface area contributed by atoms with Gasteiger partial charge in [-0.3, -0.25) is 4.79 Å². The normalized spacial score (nSPS) is 17.5. The fraction of sp³-hybridized carbons (Fsp3) is 0.435. The van der Waals surface area contributed by atoms with Crippen LogP contribution in [0.4, 0.5) is 5.69 Å². The van der Waals surface area contributed by atoms with Crippen LogP contribution in [0.2, 0.25) is 0 Å². The number of hydrogen-bond donors (Lipinski definition) is 1. The first kappa shape index (κ1) is 22.4. The number of fused-ring (bicyclic) bond motifs is 1. The van der Waals surface area contributed by atoms with Crippen molar-refractivity contribution in [3.05, 3.63) is 47.5 Å². The smallest absolute Gasteiger partial charge is 0.243 e. The van der Waals surface area contributed by atoms with E-state index in [1.165, 1.54) is 4.31 Å². The number of benzene rings is 2. The quantitative estimate of drug-likeness (QED) is 0.612. The minimum absolute atomic E-state index is 0.139. The molecule has 0 aliphatic carbocycles. The molecule has 3 aromatic rings. The van der Waals surface area contributed by atoms with Gasteiger partial charge in [0.15, 0.2) is 0 Å². The molecular weight excluding hydrogens is 426 g/mol. The minimum Gasteiger partial charge on any atom is -0.325 e. The summed E-state index contributed by atoms with van der Waals surface area (Å²) in [6.45, 7) is 7.01. The number of piperidine rings is 1. The summed E-state index contributed by atoms with van der Waals surface area (Å²) >= 11 is 0. The molecule has 1 saturated heterocycles. The van der Waals surface area contributed by atoms with Crippen molar-refractivity contribution in [1.82, 2.24) is 19.3 Å². The first-order chi connectivity index (χ1) is 15.3. The molecule has 2 heterocycles. The zero-order chi connectivity index (χ0) is 22.9. The summed E-state index contributed by atoms with van der Waals surface area (Å²) in [5.41, 5.74) is 4.10. The lowest BCUT2D eigenvalue weighted by atomic mass is 10.0. The summed E-state index contributed by atoms with van der Waals surface area (Å²) in [6.07, 6.45) is 2.93. The van der Waals surface area contributed by atoms with Crippen LogP contribution in [0.3, 0.4) is 0 Å². The molecule has 0 saturated carbocycles. The highest BCUT2D eigenvalue weighted by atomic mass is 32.2. The molecule has 1 aliphatic rings. The van der Waals surface area contributed by atoms with Crippen LogP contribution < -0.4 is 5.32 Å². The average molecular weight is 456 g/mol. The lowest BCUT2D eigenvalue weighted by Crippen LogP contribution is -2.49. The van der Waals surface area contributed by atoms with Gasteiger partial charge in [0.05, 0.1) is 10.4 Å². The Hall–Kier alpha value is -2.78. The third-order valence-corrected chi connectivity index (χ3v) is 7.68. The van der Waals surface area contributed by atoms with E-state index in [9.17, 15) is 13.2 Å². The molecule has 9 heteroatoms. The van der Waals surface area contributed by atoms with E-state index in [-0.39, 0.29) is 10.8 Å². The highest BCUT2D eigenvalue weighted by Crippen LogP contribution is 2.28. The lowest BCUT2D eigenvalue weighted by molar-refractivity contribution is -0.120. The summed E-state index contributed by atoms with van der Waals surface area (Å²) in [6, 6.07) is 9.94. The van der Waals surface area contributed by atoms with Gasteiger partial charge in [0, 0.05) is 18.8 Å². The average Bonchev–Trinajstić information content (AvgIpc) is 3.15. The molecule has 2 aromatic carbocycles. The largest absolute Gasteiger partial charge is 0.325 e. The topological polar surface area (TPSA) is 97.2 Å². The van der Waals surface area contributed by atoms with Gasteiger partial charge in [0.2, 0.25) is 15.9 Å². The summed E-state index contributed by atoms with van der Waals surface area (Å²) in [5.74, 6) is -0.298. The van der Waals surface area contributed by atoms with Gasteiger partial charge in [-0.1, -0.05) is 24.6 Å². The van der Waals surface area contributed by atoms with Crippen molar-refractivity contribution < 1.29 is 13.2 Å². The third-order valence-electron chi connectivity index (χ3n) is 5.77. The van der Waals surface area contributed by atoms with Gasteiger partial charge in [0.25, 0.3) is 0 Å². The Kier molecular flexibility index (Phi) is 6.30. The number of nitrogens with zero attached hydrogens (tertiary/aromatic N) is 4. The number of rotatable bonds is 6. The van der Waals surface area contributed by atoms with Crippen LogP contribution in [0.15, 0.2) is 41.3 Å². The van der Waals surface area contributed by atoms with Crippen molar-refractivity contribution in [2.45, 2.75) is 63.9 Å². The van der Waals surface area contributed by atoms with Crippen molar-refractivity contribution in [3.8, 4) is 0 Å². The van der Waals surface area contributed by atoms with Crippen molar-refractivity contribution in [2.24, 2.45) is 0 Å². The Morgan fingerprint density at radius 2 is 1.88 bits per heavy atom. The van der Waals surface area contributed by atoms with Crippen molar-refractivity contribution in [3.63, 3.8) is 0 Å². The summed E-state index contributed by atoms with van der Waals surface area (Å²) in [4.78, 5) is 13.3. The van der Waals surface area contributed by atoms with Crippen LogP contribution in [-0.4, -0.2) is 46.2 Å². The number of hydrogen-bond acceptors (Lipinski definition) is 5. The van der Waals surface area contributed by atoms with E-state index in [2.05, 4.69) is 15.6 Å². The monoisotopic (exact) mass is 455 g/mol. The Balaban J connectivity index is 1.62. The molecular formula is C23H29N5O3S. The highest BCUT2D eigenvalue weighted by Gasteiger charge is 2.38. The second-order valence-corrected chi connectivity index (χ2v) is 10.3. The Morgan fingerprint density at radius 3 is 2.59 bits per heavy atom. The maximum absolute atomic E-state index is 13.5. The minimum atomic E-state index is -3.86. The SMILES string of the molecule is CCCn1nnc2cc(S(=O)(=O)N3CCCC[C@@H]3C(=O)Nc3cc(C)cc(C)c3)ccc21. The van der Waals surface area contributed by atoms with Crippen LogP contribution in [-0.2, 0) is 21.4 Å². The first-order valence-corrected chi connectivity index (χ1v) is 12.5. The van der Waals surface area contributed by atoms with E-state index in [1.54, 1.807) is 22.9 Å². The van der Waals surface area contributed by atoms with Crippen LogP contribution >= 0.6 is 0 Å². The number of carbonyl (C=O) groups is 1. The molecule has 1 N–H and O–H groups in total. The number of amides is 1. The third kappa shape index (κ3) is 4.40. The number of nitrogens with one attached hydrogen (secondary N) is 1. The van der Waals surface area contributed by atoms with E-state index in [4.69, 9.17) is 0 Å². The number of carbonyl (C=O) groups excluding carboxylic acids is 1. The molecule has 0 spiro atoms. The van der Waals surface area contributed by atoms with Gasteiger partial charge < -0.3 is 5.32 Å². The van der Waals surface area contributed by atoms with Crippen LogP contribution in [0, 0.1) is 13.8 Å². The van der Waals surface area contributed by atoms with Gasteiger partial charge in [-0.2, -0.15) is 4.31 Å². The van der Waals surface area contributed by atoms with Gasteiger partial charge >= 0.3 is 0 Å². The zero-order valence-corrected chi connectivity index (χ0v) is 19.5. The highest BCUT2D eigenvalue weighted by molar-refractivity contribution is 7.89. The molecule has 1 aliphatic heterocycles. The molecule has 0 bridgehead atoms. The Bertz CT molecular complexity index is 1230. The Morgan fingerprint density at radius 1 is 1.12 bits per heavy atom. The summed E-state index contributed by atoms with van der Waals surface area (Å²) in [5, 5.41) is 11.2. The van der Waals surface area contributed by atoms with E-state index in [0.717, 1.165) is 42.5 Å². The van der Waals surface area contributed by atoms with Crippen molar-refractivity contribution >= 4 is 32.7 Å². The molecule has 170 valence electrons. The zero-order valence-electron chi connectivity index (χ0n) is 18.7. The predicted molar refractivity (Wildman–Crippen MR) is 124 cm³/mol. The standard InChI is InChI=1S/C23H29N5O3S/c1-4-10-27-21-9-8-19(15-20(21)25-26-27)32(30,31)28-11-6-5-7-22(28)23(29)24-18-13-16(2)12-17(3)14-18/h8-9,12-15,22H,4-7,10-11H2,1-3H3,(H,24,29)/t22-/m1/s1. The second-order valence-electron chi connectivity index (χ2n) is 8.46. The van der Waals surface area contributed by atoms with Crippen LogP contribution in [0.5, 0.6) is 0 Å². The van der Waals surface area contributed by atoms with Crippen molar-refractivity contribution in [1.29, 1.82) is 0 Å². The molecule has 32 heavy (non-hydrogen) atoms. The molecule has 1 amide bonds. The first-order valence-electron chi connectivity index (χ1n) is 11.0. The molecule has 1 fully saturated rings. The Labute approximate surface area is 188 Å². The molecule has 4 rings (SSSR count). The summed E-state index contributed by atoms with van der Waals surface area (Å²) in [7, 11) is -3.86. The maximum atomic E-state index is 13.5.